The molecular formula is C13H25N5. The van der Waals surface area contributed by atoms with Crippen molar-refractivity contribution in [3.05, 3.63) is 11.9 Å². The van der Waals surface area contributed by atoms with Crippen LogP contribution in [0.1, 0.15) is 39.4 Å². The van der Waals surface area contributed by atoms with Crippen LogP contribution in [0.5, 0.6) is 0 Å². The molecule has 0 bridgehead atoms. The highest BCUT2D eigenvalue weighted by atomic mass is 15.1. The molecule has 0 aliphatic carbocycles. The number of nitrogens with two attached hydrogens (primary N) is 1. The van der Waals surface area contributed by atoms with E-state index in [4.69, 9.17) is 5.73 Å². The highest BCUT2D eigenvalue weighted by Crippen LogP contribution is 2.14. The second-order valence-electron chi connectivity index (χ2n) is 4.76. The van der Waals surface area contributed by atoms with Crippen molar-refractivity contribution in [2.45, 2.75) is 52.6 Å². The van der Waals surface area contributed by atoms with E-state index in [2.05, 4.69) is 41.4 Å². The maximum absolute atomic E-state index is 5.54. The van der Waals surface area contributed by atoms with Gasteiger partial charge in [-0.15, -0.1) is 0 Å². The summed E-state index contributed by atoms with van der Waals surface area (Å²) in [6.07, 6.45) is 1.99. The van der Waals surface area contributed by atoms with E-state index < -0.39 is 0 Å². The Kier molecular flexibility index (Phi) is 5.85. The van der Waals surface area contributed by atoms with Crippen molar-refractivity contribution in [3.63, 3.8) is 0 Å². The van der Waals surface area contributed by atoms with Gasteiger partial charge < -0.3 is 16.4 Å². The van der Waals surface area contributed by atoms with Crippen molar-refractivity contribution in [2.24, 2.45) is 5.73 Å². The van der Waals surface area contributed by atoms with E-state index >= 15 is 0 Å². The summed E-state index contributed by atoms with van der Waals surface area (Å²) < 4.78 is 0. The van der Waals surface area contributed by atoms with Crippen LogP contribution in [-0.2, 0) is 0 Å². The second kappa shape index (κ2) is 7.16. The number of nitrogens with one attached hydrogen (secondary N) is 2. The fourth-order valence-corrected chi connectivity index (χ4v) is 1.64. The number of nitrogens with zero attached hydrogens (tertiary/aromatic N) is 2. The predicted molar refractivity (Wildman–Crippen MR) is 76.9 cm³/mol. The summed E-state index contributed by atoms with van der Waals surface area (Å²) in [5.74, 6) is 2.50. The van der Waals surface area contributed by atoms with Crippen LogP contribution < -0.4 is 16.4 Å². The van der Waals surface area contributed by atoms with Crippen LogP contribution in [0.2, 0.25) is 0 Å². The van der Waals surface area contributed by atoms with Gasteiger partial charge in [0.2, 0.25) is 0 Å². The lowest BCUT2D eigenvalue weighted by atomic mass is 10.2. The fraction of sp³-hybridized carbons (Fsp3) is 0.692. The van der Waals surface area contributed by atoms with Crippen molar-refractivity contribution in [1.29, 1.82) is 0 Å². The molecule has 0 aromatic carbocycles. The van der Waals surface area contributed by atoms with Crippen molar-refractivity contribution >= 4 is 11.6 Å². The number of hydrogen-bond acceptors (Lipinski definition) is 5. The highest BCUT2D eigenvalue weighted by Gasteiger charge is 2.06. The van der Waals surface area contributed by atoms with E-state index in [1.165, 1.54) is 0 Å². The molecule has 0 radical (unpaired) electrons. The Morgan fingerprint density at radius 1 is 1.17 bits per heavy atom. The summed E-state index contributed by atoms with van der Waals surface area (Å²) in [6, 6.07) is 2.68. The smallest absolute Gasteiger partial charge is 0.132 e. The Morgan fingerprint density at radius 3 is 2.22 bits per heavy atom. The minimum atomic E-state index is 0.320. The molecule has 0 saturated carbocycles. The number of hydrogen-bond donors (Lipinski definition) is 3. The van der Waals surface area contributed by atoms with Crippen molar-refractivity contribution in [1.82, 2.24) is 9.97 Å². The molecule has 1 rings (SSSR count). The van der Waals surface area contributed by atoms with Crippen LogP contribution in [0.3, 0.4) is 0 Å². The van der Waals surface area contributed by atoms with E-state index in [1.54, 1.807) is 0 Å². The van der Waals surface area contributed by atoms with E-state index in [0.717, 1.165) is 30.3 Å². The third-order valence-corrected chi connectivity index (χ3v) is 2.84. The normalized spacial score (nSPS) is 14.1. The number of rotatable bonds is 7. The van der Waals surface area contributed by atoms with Gasteiger partial charge in [-0.2, -0.15) is 0 Å². The van der Waals surface area contributed by atoms with Gasteiger partial charge in [0.05, 0.1) is 0 Å². The molecule has 1 aromatic heterocycles. The largest absolute Gasteiger partial charge is 0.367 e. The van der Waals surface area contributed by atoms with E-state index in [9.17, 15) is 0 Å². The zero-order valence-electron chi connectivity index (χ0n) is 11.8. The first-order valence-corrected chi connectivity index (χ1v) is 6.64. The van der Waals surface area contributed by atoms with Crippen LogP contribution in [-0.4, -0.2) is 28.6 Å². The highest BCUT2D eigenvalue weighted by molar-refractivity contribution is 5.48. The standard InChI is InChI=1S/C13H25N5/c1-5-9(2)15-12-8-13(18-11(4)17-12)16-10(3)6-7-14/h8-10H,5-7,14H2,1-4H3,(H2,15,16,17,18). The van der Waals surface area contributed by atoms with Gasteiger partial charge in [-0.1, -0.05) is 6.92 Å². The monoisotopic (exact) mass is 251 g/mol. The van der Waals surface area contributed by atoms with Gasteiger partial charge in [0, 0.05) is 18.2 Å². The molecule has 0 aliphatic rings. The van der Waals surface area contributed by atoms with E-state index in [0.29, 0.717) is 18.6 Å². The molecule has 1 aromatic rings. The zero-order valence-corrected chi connectivity index (χ0v) is 11.8. The summed E-state index contributed by atoms with van der Waals surface area (Å²) >= 11 is 0. The summed E-state index contributed by atoms with van der Waals surface area (Å²) in [4.78, 5) is 8.77. The Hall–Kier alpha value is -1.36. The molecule has 5 heteroatoms. The number of aromatic nitrogens is 2. The Bertz CT molecular complexity index is 366. The minimum absolute atomic E-state index is 0.320. The van der Waals surface area contributed by atoms with Crippen molar-refractivity contribution in [2.75, 3.05) is 17.2 Å². The Labute approximate surface area is 110 Å². The van der Waals surface area contributed by atoms with Crippen LogP contribution in [0.4, 0.5) is 11.6 Å². The molecule has 102 valence electrons. The second-order valence-corrected chi connectivity index (χ2v) is 4.76. The SMILES string of the molecule is CCC(C)Nc1cc(NC(C)CCN)nc(C)n1. The molecule has 0 fully saturated rings. The third-order valence-electron chi connectivity index (χ3n) is 2.84. The topological polar surface area (TPSA) is 75.9 Å². The molecule has 5 nitrogen and oxygen atoms in total. The lowest BCUT2D eigenvalue weighted by molar-refractivity contribution is 0.711. The number of aryl methyl sites for hydroxylation is 1. The van der Waals surface area contributed by atoms with Gasteiger partial charge in [0.25, 0.3) is 0 Å². The van der Waals surface area contributed by atoms with Gasteiger partial charge in [0.1, 0.15) is 17.5 Å². The first-order valence-electron chi connectivity index (χ1n) is 6.64. The summed E-state index contributed by atoms with van der Waals surface area (Å²) in [7, 11) is 0. The van der Waals surface area contributed by atoms with Crippen LogP contribution >= 0.6 is 0 Å². The average molecular weight is 251 g/mol. The molecule has 2 atom stereocenters. The van der Waals surface area contributed by atoms with Crippen LogP contribution in [0.15, 0.2) is 6.07 Å². The molecule has 0 aliphatic heterocycles. The average Bonchev–Trinajstić information content (AvgIpc) is 2.28. The molecular weight excluding hydrogens is 226 g/mol. The quantitative estimate of drug-likeness (QED) is 0.692. The van der Waals surface area contributed by atoms with Gasteiger partial charge in [-0.25, -0.2) is 9.97 Å². The minimum Gasteiger partial charge on any atom is -0.367 e. The lowest BCUT2D eigenvalue weighted by Crippen LogP contribution is -2.21. The van der Waals surface area contributed by atoms with Crippen LogP contribution in [0, 0.1) is 6.92 Å². The van der Waals surface area contributed by atoms with E-state index in [-0.39, 0.29) is 0 Å². The Morgan fingerprint density at radius 2 is 1.72 bits per heavy atom. The molecule has 0 saturated heterocycles. The van der Waals surface area contributed by atoms with Crippen molar-refractivity contribution < 1.29 is 0 Å². The maximum atomic E-state index is 5.54. The third kappa shape index (κ3) is 4.87. The van der Waals surface area contributed by atoms with E-state index in [1.807, 2.05) is 13.0 Å². The molecule has 0 spiro atoms. The molecule has 0 amide bonds. The zero-order chi connectivity index (χ0) is 13.5. The lowest BCUT2D eigenvalue weighted by Gasteiger charge is -2.16. The summed E-state index contributed by atoms with van der Waals surface area (Å²) in [6.45, 7) is 8.97. The summed E-state index contributed by atoms with van der Waals surface area (Å²) in [5, 5.41) is 6.71. The maximum Gasteiger partial charge on any atom is 0.132 e. The van der Waals surface area contributed by atoms with Gasteiger partial charge in [-0.3, -0.25) is 0 Å². The molecule has 2 unspecified atom stereocenters. The first kappa shape index (κ1) is 14.7. The predicted octanol–water partition coefficient (Wildman–Crippen LogP) is 2.14. The summed E-state index contributed by atoms with van der Waals surface area (Å²) in [5.41, 5.74) is 5.54. The molecule has 1 heterocycles. The Balaban J connectivity index is 2.74. The fourth-order valence-electron chi connectivity index (χ4n) is 1.64. The first-order chi connectivity index (χ1) is 8.55. The molecule has 18 heavy (non-hydrogen) atoms. The van der Waals surface area contributed by atoms with Crippen molar-refractivity contribution in [3.8, 4) is 0 Å². The number of anilines is 2. The van der Waals surface area contributed by atoms with Gasteiger partial charge in [0.15, 0.2) is 0 Å². The molecule has 4 N–H and O–H groups in total. The van der Waals surface area contributed by atoms with Gasteiger partial charge in [-0.05, 0) is 40.2 Å². The van der Waals surface area contributed by atoms with Gasteiger partial charge >= 0.3 is 0 Å². The van der Waals surface area contributed by atoms with Crippen LogP contribution in [0.25, 0.3) is 0 Å².